The third-order valence-electron chi connectivity index (χ3n) is 4.94. The predicted molar refractivity (Wildman–Crippen MR) is 114 cm³/mol. The summed E-state index contributed by atoms with van der Waals surface area (Å²) < 4.78 is 10.8. The summed E-state index contributed by atoms with van der Waals surface area (Å²) in [6.45, 7) is 1.22. The second-order valence-electron chi connectivity index (χ2n) is 7.18. The van der Waals surface area contributed by atoms with Crippen molar-refractivity contribution in [3.8, 4) is 17.6 Å². The molecule has 1 aliphatic rings. The van der Waals surface area contributed by atoms with Crippen LogP contribution in [-0.4, -0.2) is 41.4 Å². The summed E-state index contributed by atoms with van der Waals surface area (Å²) in [5, 5.41) is 22.2. The number of aromatic nitrogens is 2. The molecule has 0 radical (unpaired) electrons. The number of carboxylic acid groups (broad SMARTS) is 1. The largest absolute Gasteiger partial charge is 0.481 e. The molecular formula is C22H21N5O4. The molecule has 2 N–H and O–H groups in total. The van der Waals surface area contributed by atoms with Crippen LogP contribution in [0.1, 0.15) is 24.0 Å². The fourth-order valence-corrected chi connectivity index (χ4v) is 3.30. The van der Waals surface area contributed by atoms with E-state index in [1.807, 2.05) is 30.1 Å². The maximum atomic E-state index is 10.8. The number of carbonyl (C=O) groups is 1. The number of aliphatic carboxylic acids is 1. The summed E-state index contributed by atoms with van der Waals surface area (Å²) in [6, 6.07) is 13.1. The van der Waals surface area contributed by atoms with Crippen LogP contribution in [0.3, 0.4) is 0 Å². The van der Waals surface area contributed by atoms with Crippen molar-refractivity contribution in [1.29, 1.82) is 5.26 Å². The summed E-state index contributed by atoms with van der Waals surface area (Å²) in [5.74, 6) is 1.68. The van der Waals surface area contributed by atoms with Crippen LogP contribution in [0.5, 0.6) is 11.5 Å². The molecule has 2 heterocycles. The highest BCUT2D eigenvalue weighted by atomic mass is 16.7. The van der Waals surface area contributed by atoms with Crippen LogP contribution in [0.4, 0.5) is 11.8 Å². The van der Waals surface area contributed by atoms with E-state index in [0.717, 1.165) is 16.7 Å². The van der Waals surface area contributed by atoms with Crippen molar-refractivity contribution >= 4 is 28.6 Å². The summed E-state index contributed by atoms with van der Waals surface area (Å²) in [5.41, 5.74) is 2.20. The lowest BCUT2D eigenvalue weighted by Gasteiger charge is -2.19. The molecule has 2 aromatic carbocycles. The smallest absolute Gasteiger partial charge is 0.303 e. The van der Waals surface area contributed by atoms with E-state index in [1.54, 1.807) is 18.2 Å². The maximum absolute atomic E-state index is 10.8. The quantitative estimate of drug-likeness (QED) is 0.567. The number of rotatable bonds is 8. The number of nitrogens with one attached hydrogen (secondary N) is 1. The Morgan fingerprint density at radius 1 is 1.23 bits per heavy atom. The van der Waals surface area contributed by atoms with E-state index >= 15 is 0 Å². The number of nitrogens with zero attached hydrogens (tertiary/aromatic N) is 4. The van der Waals surface area contributed by atoms with Crippen molar-refractivity contribution < 1.29 is 19.4 Å². The lowest BCUT2D eigenvalue weighted by molar-refractivity contribution is -0.137. The maximum Gasteiger partial charge on any atom is 0.303 e. The van der Waals surface area contributed by atoms with Crippen molar-refractivity contribution in [3.63, 3.8) is 0 Å². The van der Waals surface area contributed by atoms with Gasteiger partial charge >= 0.3 is 5.97 Å². The molecule has 9 heteroatoms. The summed E-state index contributed by atoms with van der Waals surface area (Å²) in [6.07, 6.45) is 0.569. The number of benzene rings is 2. The SMILES string of the molecule is CN(CCCC(=O)O)c1nc(NCc2ccc3c(c2)OCO3)c2cc(C#N)ccc2n1. The molecule has 31 heavy (non-hydrogen) atoms. The van der Waals surface area contributed by atoms with Gasteiger partial charge in [-0.3, -0.25) is 4.79 Å². The van der Waals surface area contributed by atoms with Crippen LogP contribution >= 0.6 is 0 Å². The van der Waals surface area contributed by atoms with Gasteiger partial charge in [0.15, 0.2) is 11.5 Å². The van der Waals surface area contributed by atoms with E-state index in [2.05, 4.69) is 21.4 Å². The number of ether oxygens (including phenoxy) is 2. The number of fused-ring (bicyclic) bond motifs is 2. The summed E-state index contributed by atoms with van der Waals surface area (Å²) >= 11 is 0. The highest BCUT2D eigenvalue weighted by Gasteiger charge is 2.15. The fourth-order valence-electron chi connectivity index (χ4n) is 3.30. The standard InChI is InChI=1S/C22H21N5O4/c1-27(8-2-3-20(28)29)22-25-17-6-4-14(11-23)9-16(17)21(26-22)24-12-15-5-7-18-19(10-15)31-13-30-18/h4-7,9-10H,2-3,8,12-13H2,1H3,(H,28,29)(H,24,25,26). The zero-order valence-corrected chi connectivity index (χ0v) is 17.0. The molecule has 0 aliphatic carbocycles. The van der Waals surface area contributed by atoms with Gasteiger partial charge in [-0.25, -0.2) is 4.98 Å². The van der Waals surface area contributed by atoms with Crippen LogP contribution in [0, 0.1) is 11.3 Å². The zero-order valence-electron chi connectivity index (χ0n) is 17.0. The van der Waals surface area contributed by atoms with Gasteiger partial charge in [-0.2, -0.15) is 10.2 Å². The highest BCUT2D eigenvalue weighted by Crippen LogP contribution is 2.33. The third kappa shape index (κ3) is 4.59. The lowest BCUT2D eigenvalue weighted by atomic mass is 10.1. The average Bonchev–Trinajstić information content (AvgIpc) is 3.24. The molecule has 0 unspecified atom stereocenters. The minimum absolute atomic E-state index is 0.0820. The molecular weight excluding hydrogens is 398 g/mol. The molecule has 4 rings (SSSR count). The van der Waals surface area contributed by atoms with E-state index in [9.17, 15) is 10.1 Å². The Morgan fingerprint density at radius 2 is 2.06 bits per heavy atom. The number of carboxylic acids is 1. The predicted octanol–water partition coefficient (Wildman–Crippen LogP) is 3.14. The van der Waals surface area contributed by atoms with Gasteiger partial charge in [-0.1, -0.05) is 6.07 Å². The molecule has 158 valence electrons. The number of hydrogen-bond donors (Lipinski definition) is 2. The van der Waals surface area contributed by atoms with Gasteiger partial charge in [0.25, 0.3) is 0 Å². The Hall–Kier alpha value is -4.06. The molecule has 0 amide bonds. The molecule has 0 spiro atoms. The third-order valence-corrected chi connectivity index (χ3v) is 4.94. The minimum atomic E-state index is -0.831. The van der Waals surface area contributed by atoms with Gasteiger partial charge < -0.3 is 24.8 Å². The van der Waals surface area contributed by atoms with Crippen molar-refractivity contribution in [2.24, 2.45) is 0 Å². The van der Waals surface area contributed by atoms with Gasteiger partial charge in [0.1, 0.15) is 5.82 Å². The Labute approximate surface area is 178 Å². The first-order valence-electron chi connectivity index (χ1n) is 9.81. The van der Waals surface area contributed by atoms with Crippen LogP contribution < -0.4 is 19.7 Å². The van der Waals surface area contributed by atoms with Gasteiger partial charge in [0, 0.05) is 31.9 Å². The van der Waals surface area contributed by atoms with E-state index in [0.29, 0.717) is 48.1 Å². The Balaban J connectivity index is 1.61. The number of hydrogen-bond acceptors (Lipinski definition) is 8. The first kappa shape index (κ1) is 20.2. The summed E-state index contributed by atoms with van der Waals surface area (Å²) in [7, 11) is 1.83. The second-order valence-corrected chi connectivity index (χ2v) is 7.18. The molecule has 9 nitrogen and oxygen atoms in total. The van der Waals surface area contributed by atoms with Crippen molar-refractivity contribution in [2.45, 2.75) is 19.4 Å². The number of nitriles is 1. The van der Waals surface area contributed by atoms with Crippen LogP contribution in [0.2, 0.25) is 0 Å². The van der Waals surface area contributed by atoms with E-state index in [1.165, 1.54) is 0 Å². The topological polar surface area (TPSA) is 121 Å². The number of anilines is 2. The molecule has 0 saturated heterocycles. The molecule has 1 aliphatic heterocycles. The van der Waals surface area contributed by atoms with Gasteiger partial charge in [-0.05, 0) is 42.3 Å². The average molecular weight is 419 g/mol. The van der Waals surface area contributed by atoms with E-state index in [4.69, 9.17) is 14.6 Å². The van der Waals surface area contributed by atoms with Crippen LogP contribution in [0.25, 0.3) is 10.9 Å². The highest BCUT2D eigenvalue weighted by molar-refractivity contribution is 5.91. The van der Waals surface area contributed by atoms with Crippen molar-refractivity contribution in [2.75, 3.05) is 30.6 Å². The van der Waals surface area contributed by atoms with Crippen LogP contribution in [-0.2, 0) is 11.3 Å². The van der Waals surface area contributed by atoms with Crippen molar-refractivity contribution in [3.05, 3.63) is 47.5 Å². The minimum Gasteiger partial charge on any atom is -0.481 e. The second kappa shape index (κ2) is 8.75. The molecule has 0 fully saturated rings. The summed E-state index contributed by atoms with van der Waals surface area (Å²) in [4.78, 5) is 21.9. The first-order chi connectivity index (χ1) is 15.0. The normalized spacial score (nSPS) is 11.9. The molecule has 0 saturated carbocycles. The monoisotopic (exact) mass is 419 g/mol. The first-order valence-corrected chi connectivity index (χ1v) is 9.81. The van der Waals surface area contributed by atoms with Crippen molar-refractivity contribution in [1.82, 2.24) is 9.97 Å². The van der Waals surface area contributed by atoms with E-state index < -0.39 is 5.97 Å². The molecule has 0 bridgehead atoms. The van der Waals surface area contributed by atoms with Crippen LogP contribution in [0.15, 0.2) is 36.4 Å². The Bertz CT molecular complexity index is 1170. The zero-order chi connectivity index (χ0) is 21.8. The Kier molecular flexibility index (Phi) is 5.71. The molecule has 3 aromatic rings. The van der Waals surface area contributed by atoms with E-state index in [-0.39, 0.29) is 13.2 Å². The Morgan fingerprint density at radius 3 is 2.87 bits per heavy atom. The van der Waals surface area contributed by atoms with Gasteiger partial charge in [0.05, 0.1) is 17.1 Å². The van der Waals surface area contributed by atoms with Gasteiger partial charge in [-0.15, -0.1) is 0 Å². The fraction of sp³-hybridized carbons (Fsp3) is 0.273. The van der Waals surface area contributed by atoms with Gasteiger partial charge in [0.2, 0.25) is 12.7 Å². The lowest BCUT2D eigenvalue weighted by Crippen LogP contribution is -2.22. The molecule has 0 atom stereocenters. The molecule has 1 aromatic heterocycles.